The molecule has 0 aliphatic rings. The van der Waals surface area contributed by atoms with Crippen molar-refractivity contribution in [3.05, 3.63) is 72.8 Å². The molecule has 0 spiro atoms. The average molecular weight is 488 g/mol. The molecule has 2 heterocycles. The van der Waals surface area contributed by atoms with Gasteiger partial charge in [0.1, 0.15) is 22.0 Å². The Bertz CT molecular complexity index is 1690. The summed E-state index contributed by atoms with van der Waals surface area (Å²) in [6, 6.07) is 20.1. The molecule has 1 amide bonds. The number of hydrogen-bond acceptors (Lipinski definition) is 7. The van der Waals surface area contributed by atoms with Crippen LogP contribution in [0.5, 0.6) is 5.75 Å². The largest absolute Gasteiger partial charge is 0.497 e. The molecule has 0 radical (unpaired) electrons. The van der Waals surface area contributed by atoms with Crippen molar-refractivity contribution in [2.45, 2.75) is 16.7 Å². The molecule has 0 bridgehead atoms. The molecule has 10 heteroatoms. The van der Waals surface area contributed by atoms with Crippen LogP contribution in [0, 0.1) is 0 Å². The molecule has 0 aliphatic carbocycles. The maximum Gasteiger partial charge on any atom is 0.221 e. The van der Waals surface area contributed by atoms with Crippen LogP contribution in [0.25, 0.3) is 27.9 Å². The Labute approximate surface area is 201 Å². The second kappa shape index (κ2) is 8.41. The lowest BCUT2D eigenvalue weighted by molar-refractivity contribution is -0.114. The van der Waals surface area contributed by atoms with Crippen LogP contribution in [0.1, 0.15) is 6.92 Å². The van der Waals surface area contributed by atoms with Crippen molar-refractivity contribution < 1.29 is 17.9 Å². The number of amides is 1. The van der Waals surface area contributed by atoms with Gasteiger partial charge in [0.05, 0.1) is 23.0 Å². The van der Waals surface area contributed by atoms with Crippen LogP contribution in [0.2, 0.25) is 0 Å². The summed E-state index contributed by atoms with van der Waals surface area (Å²) in [6.45, 7) is 1.38. The van der Waals surface area contributed by atoms with Gasteiger partial charge in [-0.15, -0.1) is 0 Å². The van der Waals surface area contributed by atoms with Crippen molar-refractivity contribution in [3.63, 3.8) is 0 Å². The number of nitrogens with zero attached hydrogens (tertiary/aromatic N) is 3. The fraction of sp³-hybridized carbons (Fsp3) is 0.0800. The quantitative estimate of drug-likeness (QED) is 0.384. The number of para-hydroxylation sites is 2. The highest BCUT2D eigenvalue weighted by molar-refractivity contribution is 7.92. The number of nitrogens with two attached hydrogens (primary N) is 1. The maximum atomic E-state index is 13.8. The summed E-state index contributed by atoms with van der Waals surface area (Å²) in [7, 11) is -2.53. The van der Waals surface area contributed by atoms with Gasteiger partial charge in [-0.3, -0.25) is 9.36 Å². The number of hydrogen-bond donors (Lipinski definition) is 2. The predicted molar refractivity (Wildman–Crippen MR) is 134 cm³/mol. The molecule has 5 aromatic rings. The number of nitrogens with one attached hydrogen (secondary N) is 1. The van der Waals surface area contributed by atoms with Crippen LogP contribution in [0.4, 0.5) is 11.5 Å². The van der Waals surface area contributed by atoms with Crippen molar-refractivity contribution >= 4 is 49.4 Å². The van der Waals surface area contributed by atoms with Gasteiger partial charge in [0.15, 0.2) is 5.65 Å². The highest BCUT2D eigenvalue weighted by Crippen LogP contribution is 2.37. The average Bonchev–Trinajstić information content (AvgIpc) is 3.13. The molecular weight excluding hydrogens is 466 g/mol. The monoisotopic (exact) mass is 487 g/mol. The summed E-state index contributed by atoms with van der Waals surface area (Å²) < 4.78 is 34.4. The number of aromatic nitrogens is 3. The van der Waals surface area contributed by atoms with E-state index in [0.717, 1.165) is 0 Å². The number of benzene rings is 3. The number of nitrogen functional groups attached to an aromatic ring is 1. The summed E-state index contributed by atoms with van der Waals surface area (Å²) in [4.78, 5) is 20.6. The molecule has 3 N–H and O–H groups in total. The molecule has 0 saturated carbocycles. The molecule has 35 heavy (non-hydrogen) atoms. The Balaban J connectivity index is 1.77. The molecule has 0 fully saturated rings. The number of carbonyl (C=O) groups is 1. The van der Waals surface area contributed by atoms with Crippen LogP contribution in [0.3, 0.4) is 0 Å². The van der Waals surface area contributed by atoms with Crippen LogP contribution in [0.15, 0.2) is 82.6 Å². The minimum Gasteiger partial charge on any atom is -0.497 e. The summed E-state index contributed by atoms with van der Waals surface area (Å²) in [5, 5.41) is 2.62. The van der Waals surface area contributed by atoms with E-state index in [0.29, 0.717) is 33.8 Å². The van der Waals surface area contributed by atoms with Crippen molar-refractivity contribution in [2.75, 3.05) is 18.2 Å². The molecule has 0 unspecified atom stereocenters. The third-order valence-electron chi connectivity index (χ3n) is 5.54. The molecule has 0 saturated heterocycles. The first-order valence-corrected chi connectivity index (χ1v) is 12.1. The summed E-state index contributed by atoms with van der Waals surface area (Å²) in [5.74, 6) is 0.383. The van der Waals surface area contributed by atoms with E-state index in [1.54, 1.807) is 48.1 Å². The Morgan fingerprint density at radius 1 is 0.943 bits per heavy atom. The van der Waals surface area contributed by atoms with Crippen LogP contribution in [-0.2, 0) is 14.6 Å². The SMILES string of the molecule is COc1ccc(-n2c(N)c(S(=O)(=O)c3ccc(NC(C)=O)cc3)c3nc4ccccc4nc32)cc1. The van der Waals surface area contributed by atoms with E-state index >= 15 is 0 Å². The molecule has 0 aliphatic heterocycles. The third-order valence-corrected chi connectivity index (χ3v) is 7.37. The number of methoxy groups -OCH3 is 1. The van der Waals surface area contributed by atoms with Gasteiger partial charge in [-0.1, -0.05) is 12.1 Å². The number of rotatable bonds is 5. The highest BCUT2D eigenvalue weighted by Gasteiger charge is 2.30. The van der Waals surface area contributed by atoms with Gasteiger partial charge in [0.25, 0.3) is 0 Å². The predicted octanol–water partition coefficient (Wildman–Crippen LogP) is 3.96. The molecule has 2 aromatic heterocycles. The third kappa shape index (κ3) is 3.83. The number of sulfone groups is 1. The van der Waals surface area contributed by atoms with Gasteiger partial charge < -0.3 is 15.8 Å². The first kappa shape index (κ1) is 22.4. The summed E-state index contributed by atoms with van der Waals surface area (Å²) in [6.07, 6.45) is 0. The van der Waals surface area contributed by atoms with Gasteiger partial charge in [0.2, 0.25) is 15.7 Å². The molecule has 3 aromatic carbocycles. The molecule has 9 nitrogen and oxygen atoms in total. The van der Waals surface area contributed by atoms with E-state index in [1.165, 1.54) is 31.2 Å². The standard InChI is InChI=1S/C25H21N5O4S/c1-15(31)27-16-7-13-19(14-8-16)35(32,33)23-22-25(29-21-6-4-3-5-20(21)28-22)30(24(23)26)17-9-11-18(34-2)12-10-17/h3-14H,26H2,1-2H3,(H,27,31). The first-order chi connectivity index (χ1) is 16.8. The van der Waals surface area contributed by atoms with E-state index in [9.17, 15) is 13.2 Å². The minimum absolute atomic E-state index is 0.00795. The van der Waals surface area contributed by atoms with E-state index in [2.05, 4.69) is 10.3 Å². The lowest BCUT2D eigenvalue weighted by Gasteiger charge is -2.09. The lowest BCUT2D eigenvalue weighted by Crippen LogP contribution is -2.08. The lowest BCUT2D eigenvalue weighted by atomic mass is 10.3. The Hall–Kier alpha value is -4.44. The number of carbonyl (C=O) groups excluding carboxylic acids is 1. The Kier molecular flexibility index (Phi) is 5.37. The van der Waals surface area contributed by atoms with E-state index in [1.807, 2.05) is 12.1 Å². The van der Waals surface area contributed by atoms with E-state index in [-0.39, 0.29) is 27.0 Å². The number of ether oxygens (including phenoxy) is 1. The van der Waals surface area contributed by atoms with Crippen molar-refractivity contribution in [3.8, 4) is 11.4 Å². The fourth-order valence-corrected chi connectivity index (χ4v) is 5.42. The fourth-order valence-electron chi connectivity index (χ4n) is 3.93. The van der Waals surface area contributed by atoms with E-state index < -0.39 is 9.84 Å². The first-order valence-electron chi connectivity index (χ1n) is 10.6. The zero-order chi connectivity index (χ0) is 24.7. The van der Waals surface area contributed by atoms with Gasteiger partial charge in [-0.05, 0) is 60.7 Å². The van der Waals surface area contributed by atoms with Crippen LogP contribution >= 0.6 is 0 Å². The Morgan fingerprint density at radius 2 is 1.57 bits per heavy atom. The van der Waals surface area contributed by atoms with E-state index in [4.69, 9.17) is 15.5 Å². The second-order valence-corrected chi connectivity index (χ2v) is 9.73. The summed E-state index contributed by atoms with van der Waals surface area (Å²) >= 11 is 0. The molecule has 5 rings (SSSR count). The zero-order valence-electron chi connectivity index (χ0n) is 18.9. The van der Waals surface area contributed by atoms with Crippen LogP contribution in [-0.4, -0.2) is 36.0 Å². The van der Waals surface area contributed by atoms with Gasteiger partial charge in [0, 0.05) is 18.3 Å². The topological polar surface area (TPSA) is 129 Å². The van der Waals surface area contributed by atoms with Crippen LogP contribution < -0.4 is 15.8 Å². The molecular formula is C25H21N5O4S. The van der Waals surface area contributed by atoms with Gasteiger partial charge >= 0.3 is 0 Å². The van der Waals surface area contributed by atoms with Gasteiger partial charge in [-0.25, -0.2) is 18.4 Å². The summed E-state index contributed by atoms with van der Waals surface area (Å²) in [5.41, 5.74) is 9.25. The minimum atomic E-state index is -4.10. The molecule has 0 atom stereocenters. The normalized spacial score (nSPS) is 11.6. The zero-order valence-corrected chi connectivity index (χ0v) is 19.7. The number of fused-ring (bicyclic) bond motifs is 2. The number of anilines is 2. The smallest absolute Gasteiger partial charge is 0.221 e. The van der Waals surface area contributed by atoms with Crippen molar-refractivity contribution in [1.29, 1.82) is 0 Å². The van der Waals surface area contributed by atoms with Gasteiger partial charge in [-0.2, -0.15) is 0 Å². The van der Waals surface area contributed by atoms with Crippen molar-refractivity contribution in [1.82, 2.24) is 14.5 Å². The van der Waals surface area contributed by atoms with Crippen molar-refractivity contribution in [2.24, 2.45) is 0 Å². The highest BCUT2D eigenvalue weighted by atomic mass is 32.2. The maximum absolute atomic E-state index is 13.8. The second-order valence-electron chi connectivity index (χ2n) is 7.84. The molecule has 176 valence electrons. The Morgan fingerprint density at radius 3 is 2.17 bits per heavy atom.